The highest BCUT2D eigenvalue weighted by Crippen LogP contribution is 2.37. The van der Waals surface area contributed by atoms with Gasteiger partial charge in [-0.25, -0.2) is 29.9 Å². The number of hydrogen-bond donors (Lipinski definition) is 0. The van der Waals surface area contributed by atoms with Crippen molar-refractivity contribution in [2.75, 3.05) is 0 Å². The van der Waals surface area contributed by atoms with Crippen LogP contribution in [0.4, 0.5) is 0 Å². The molecule has 3 heterocycles. The Labute approximate surface area is 297 Å². The third kappa shape index (κ3) is 6.57. The largest absolute Gasteiger partial charge is 0.494 e. The first-order valence-electron chi connectivity index (χ1n) is 17.0. The molecule has 248 valence electrons. The minimum atomic E-state index is -0.651. The second-order valence-corrected chi connectivity index (χ2v) is 13.5. The Bertz CT molecular complexity index is 2050. The summed E-state index contributed by atoms with van der Waals surface area (Å²) < 4.78 is 13.2. The van der Waals surface area contributed by atoms with Crippen molar-refractivity contribution in [1.82, 2.24) is 29.9 Å². The molecular formula is C42H35BN6O2. The maximum Gasteiger partial charge on any atom is 0.494 e. The Hall–Kier alpha value is -5.90. The molecule has 0 atom stereocenters. The van der Waals surface area contributed by atoms with Crippen LogP contribution in [0.2, 0.25) is 0 Å². The van der Waals surface area contributed by atoms with Gasteiger partial charge >= 0.3 is 7.12 Å². The number of aromatic nitrogens is 6. The lowest BCUT2D eigenvalue weighted by molar-refractivity contribution is 0.00578. The zero-order chi connectivity index (χ0) is 35.0. The molecular weight excluding hydrogens is 631 g/mol. The number of benzene rings is 5. The Balaban J connectivity index is 1.35. The predicted molar refractivity (Wildman–Crippen MR) is 202 cm³/mol. The number of rotatable bonds is 7. The van der Waals surface area contributed by atoms with Gasteiger partial charge in [-0.3, -0.25) is 0 Å². The lowest BCUT2D eigenvalue weighted by Crippen LogP contribution is -2.41. The number of nitrogens with zero attached hydrogens (tertiary/aromatic N) is 6. The quantitative estimate of drug-likeness (QED) is 0.157. The van der Waals surface area contributed by atoms with E-state index in [2.05, 4.69) is 0 Å². The minimum absolute atomic E-state index is 0.503. The highest BCUT2D eigenvalue weighted by molar-refractivity contribution is 6.62. The molecule has 1 aliphatic rings. The minimum Gasteiger partial charge on any atom is -0.399 e. The first-order chi connectivity index (χ1) is 24.7. The van der Waals surface area contributed by atoms with Crippen LogP contribution >= 0.6 is 0 Å². The van der Waals surface area contributed by atoms with Crippen molar-refractivity contribution < 1.29 is 9.31 Å². The molecule has 1 saturated heterocycles. The molecule has 8 rings (SSSR count). The van der Waals surface area contributed by atoms with E-state index in [1.165, 1.54) is 0 Å². The molecule has 0 amide bonds. The molecule has 7 aromatic rings. The molecule has 0 spiro atoms. The Kier molecular flexibility index (Phi) is 8.30. The molecule has 8 nitrogen and oxygen atoms in total. The average molecular weight is 667 g/mol. The normalized spacial score (nSPS) is 14.8. The van der Waals surface area contributed by atoms with Crippen molar-refractivity contribution in [3.05, 3.63) is 140 Å². The second kappa shape index (κ2) is 13.1. The molecule has 0 N–H and O–H groups in total. The first-order valence-corrected chi connectivity index (χ1v) is 17.0. The van der Waals surface area contributed by atoms with Crippen LogP contribution in [0.1, 0.15) is 27.7 Å². The summed E-state index contributed by atoms with van der Waals surface area (Å²) in [6.07, 6.45) is 0. The fraction of sp³-hybridized carbons (Fsp3) is 0.143. The van der Waals surface area contributed by atoms with Gasteiger partial charge in [0.2, 0.25) is 0 Å². The fourth-order valence-corrected chi connectivity index (χ4v) is 5.90. The van der Waals surface area contributed by atoms with Crippen molar-refractivity contribution in [3.63, 3.8) is 0 Å². The maximum absolute atomic E-state index is 6.58. The molecule has 0 bridgehead atoms. The van der Waals surface area contributed by atoms with Crippen molar-refractivity contribution >= 4 is 12.6 Å². The van der Waals surface area contributed by atoms with Crippen LogP contribution in [0.5, 0.6) is 0 Å². The molecule has 9 heteroatoms. The van der Waals surface area contributed by atoms with Gasteiger partial charge in [0.25, 0.3) is 0 Å². The lowest BCUT2D eigenvalue weighted by Gasteiger charge is -2.32. The zero-order valence-corrected chi connectivity index (χ0v) is 28.9. The summed E-state index contributed by atoms with van der Waals surface area (Å²) in [5.41, 5.74) is 4.75. The van der Waals surface area contributed by atoms with Crippen molar-refractivity contribution in [3.8, 4) is 68.3 Å². The van der Waals surface area contributed by atoms with Crippen LogP contribution in [0.25, 0.3) is 68.3 Å². The van der Waals surface area contributed by atoms with Crippen molar-refractivity contribution in [2.24, 2.45) is 0 Å². The van der Waals surface area contributed by atoms with Crippen LogP contribution in [-0.4, -0.2) is 48.2 Å². The number of hydrogen-bond acceptors (Lipinski definition) is 8. The lowest BCUT2D eigenvalue weighted by atomic mass is 9.77. The SMILES string of the molecule is CC1(C)OB(c2cc(-c3nc(-c4ccccc4)nc(-c4ccccc4)n3)cc(-c3nc(-c4ccccc4)nc(-c4ccccc4)n3)c2)OC1(C)C. The van der Waals surface area contributed by atoms with Gasteiger partial charge in [0, 0.05) is 33.4 Å². The van der Waals surface area contributed by atoms with Crippen LogP contribution in [-0.2, 0) is 9.31 Å². The third-order valence-corrected chi connectivity index (χ3v) is 9.40. The molecule has 0 unspecified atom stereocenters. The summed E-state index contributed by atoms with van der Waals surface area (Å²) in [4.78, 5) is 29.9. The van der Waals surface area contributed by atoms with Gasteiger partial charge in [-0.05, 0) is 39.2 Å². The Morgan fingerprint density at radius 2 is 0.608 bits per heavy atom. The summed E-state index contributed by atoms with van der Waals surface area (Å²) in [6, 6.07) is 45.8. The van der Waals surface area contributed by atoms with E-state index in [4.69, 9.17) is 39.2 Å². The van der Waals surface area contributed by atoms with Gasteiger partial charge < -0.3 is 9.31 Å². The van der Waals surface area contributed by atoms with E-state index in [9.17, 15) is 0 Å². The van der Waals surface area contributed by atoms with Crippen LogP contribution in [0.3, 0.4) is 0 Å². The summed E-state index contributed by atoms with van der Waals surface area (Å²) >= 11 is 0. The highest BCUT2D eigenvalue weighted by Gasteiger charge is 2.52. The van der Waals surface area contributed by atoms with Gasteiger partial charge in [0.1, 0.15) is 0 Å². The molecule has 5 aromatic carbocycles. The van der Waals surface area contributed by atoms with Crippen LogP contribution in [0.15, 0.2) is 140 Å². The molecule has 0 radical (unpaired) electrons. The standard InChI is InChI=1S/C42H35BN6O2/c1-41(2)42(3,4)51-43(50-41)34-26-32(39-46-35(28-17-9-5-10-18-28)44-36(47-39)29-19-11-6-12-20-29)25-33(27-34)40-48-37(30-21-13-7-14-22-30)45-38(49-40)31-23-15-8-16-24-31/h5-27H,1-4H3. The van der Waals surface area contributed by atoms with E-state index in [0.29, 0.717) is 34.9 Å². The summed E-state index contributed by atoms with van der Waals surface area (Å²) in [6.45, 7) is 8.19. The topological polar surface area (TPSA) is 95.8 Å². The summed E-state index contributed by atoms with van der Waals surface area (Å²) in [5.74, 6) is 3.28. The maximum atomic E-state index is 6.58. The summed E-state index contributed by atoms with van der Waals surface area (Å²) in [7, 11) is -0.651. The third-order valence-electron chi connectivity index (χ3n) is 9.40. The average Bonchev–Trinajstić information content (AvgIpc) is 3.41. The molecule has 51 heavy (non-hydrogen) atoms. The smallest absolute Gasteiger partial charge is 0.399 e. The zero-order valence-electron chi connectivity index (χ0n) is 28.9. The fourth-order valence-electron chi connectivity index (χ4n) is 5.90. The van der Waals surface area contributed by atoms with Crippen LogP contribution < -0.4 is 5.46 Å². The van der Waals surface area contributed by atoms with E-state index in [0.717, 1.165) is 38.8 Å². The van der Waals surface area contributed by atoms with Crippen molar-refractivity contribution in [1.29, 1.82) is 0 Å². The van der Waals surface area contributed by atoms with E-state index in [-0.39, 0.29) is 0 Å². The Morgan fingerprint density at radius 1 is 0.353 bits per heavy atom. The van der Waals surface area contributed by atoms with Gasteiger partial charge in [-0.2, -0.15) is 0 Å². The van der Waals surface area contributed by atoms with Gasteiger partial charge in [0.15, 0.2) is 34.9 Å². The molecule has 1 fully saturated rings. The van der Waals surface area contributed by atoms with E-state index < -0.39 is 18.3 Å². The summed E-state index contributed by atoms with van der Waals surface area (Å²) in [5, 5.41) is 0. The van der Waals surface area contributed by atoms with Crippen LogP contribution in [0, 0.1) is 0 Å². The molecule has 1 aliphatic heterocycles. The van der Waals surface area contributed by atoms with Gasteiger partial charge in [0.05, 0.1) is 11.2 Å². The van der Waals surface area contributed by atoms with E-state index in [1.807, 2.05) is 167 Å². The second-order valence-electron chi connectivity index (χ2n) is 13.5. The van der Waals surface area contributed by atoms with E-state index >= 15 is 0 Å². The van der Waals surface area contributed by atoms with Gasteiger partial charge in [-0.15, -0.1) is 0 Å². The first kappa shape index (κ1) is 32.3. The molecule has 2 aromatic heterocycles. The predicted octanol–water partition coefficient (Wildman–Crippen LogP) is 8.36. The highest BCUT2D eigenvalue weighted by atomic mass is 16.7. The monoisotopic (exact) mass is 666 g/mol. The molecule has 0 saturated carbocycles. The molecule has 0 aliphatic carbocycles. The van der Waals surface area contributed by atoms with Crippen molar-refractivity contribution in [2.45, 2.75) is 38.9 Å². The Morgan fingerprint density at radius 3 is 0.882 bits per heavy atom. The van der Waals surface area contributed by atoms with Gasteiger partial charge in [-0.1, -0.05) is 133 Å². The van der Waals surface area contributed by atoms with E-state index in [1.54, 1.807) is 0 Å².